The van der Waals surface area contributed by atoms with Crippen molar-refractivity contribution in [2.45, 2.75) is 25.8 Å². The molecule has 1 aliphatic heterocycles. The molecule has 0 spiro atoms. The molecule has 1 heterocycles. The van der Waals surface area contributed by atoms with Crippen LogP contribution in [0.4, 0.5) is 5.69 Å². The highest BCUT2D eigenvalue weighted by molar-refractivity contribution is 5.46. The lowest BCUT2D eigenvalue weighted by atomic mass is 10.1. The van der Waals surface area contributed by atoms with Gasteiger partial charge in [-0.15, -0.1) is 0 Å². The van der Waals surface area contributed by atoms with Crippen LogP contribution in [0.3, 0.4) is 0 Å². The Morgan fingerprint density at radius 2 is 1.78 bits per heavy atom. The van der Waals surface area contributed by atoms with Gasteiger partial charge in [-0.2, -0.15) is 0 Å². The lowest BCUT2D eigenvalue weighted by Gasteiger charge is -2.37. The van der Waals surface area contributed by atoms with E-state index in [-0.39, 0.29) is 0 Å². The van der Waals surface area contributed by atoms with Gasteiger partial charge >= 0.3 is 0 Å². The summed E-state index contributed by atoms with van der Waals surface area (Å²) in [5, 5.41) is 0. The van der Waals surface area contributed by atoms with Gasteiger partial charge in [-0.25, -0.2) is 0 Å². The first-order chi connectivity index (χ1) is 8.79. The summed E-state index contributed by atoms with van der Waals surface area (Å²) in [6, 6.07) is 11.0. The second-order valence-electron chi connectivity index (χ2n) is 5.17. The summed E-state index contributed by atoms with van der Waals surface area (Å²) in [7, 11) is 0. The van der Waals surface area contributed by atoms with Crippen LogP contribution < -0.4 is 10.6 Å². The molecular weight excluding hydrogens is 222 g/mol. The monoisotopic (exact) mass is 247 g/mol. The molecular formula is C15H25N3. The highest BCUT2D eigenvalue weighted by Crippen LogP contribution is 2.15. The van der Waals surface area contributed by atoms with Gasteiger partial charge in [0.2, 0.25) is 0 Å². The molecule has 100 valence electrons. The molecule has 0 unspecified atom stereocenters. The maximum Gasteiger partial charge on any atom is 0.0367 e. The topological polar surface area (TPSA) is 32.5 Å². The van der Waals surface area contributed by atoms with Crippen LogP contribution >= 0.6 is 0 Å². The lowest BCUT2D eigenvalue weighted by Crippen LogP contribution is -2.49. The molecule has 0 bridgehead atoms. The molecule has 2 N–H and O–H groups in total. The molecule has 1 saturated heterocycles. The quantitative estimate of drug-likeness (QED) is 0.863. The molecule has 3 heteroatoms. The highest BCUT2D eigenvalue weighted by atomic mass is 15.3. The number of para-hydroxylation sites is 1. The highest BCUT2D eigenvalue weighted by Gasteiger charge is 2.18. The number of anilines is 1. The molecule has 2 rings (SSSR count). The van der Waals surface area contributed by atoms with Crippen molar-refractivity contribution in [2.24, 2.45) is 5.73 Å². The smallest absolute Gasteiger partial charge is 0.0367 e. The largest absolute Gasteiger partial charge is 0.369 e. The zero-order chi connectivity index (χ0) is 12.8. The molecule has 1 aromatic rings. The van der Waals surface area contributed by atoms with Crippen LogP contribution in [0.2, 0.25) is 0 Å². The molecule has 3 nitrogen and oxygen atoms in total. The van der Waals surface area contributed by atoms with Crippen LogP contribution in [0, 0.1) is 0 Å². The van der Waals surface area contributed by atoms with Gasteiger partial charge in [0.05, 0.1) is 0 Å². The molecule has 1 atom stereocenters. The average molecular weight is 247 g/mol. The molecule has 0 saturated carbocycles. The Morgan fingerprint density at radius 1 is 1.11 bits per heavy atom. The molecule has 18 heavy (non-hydrogen) atoms. The molecule has 0 radical (unpaired) electrons. The number of piperazine rings is 1. The standard InChI is InChI=1S/C15H25N3/c1-2-6-14(16)13-17-9-11-18(12-10-17)15-7-4-3-5-8-15/h3-5,7-8,14H,2,6,9-13,16H2,1H3/t14-/m0/s1. The summed E-state index contributed by atoms with van der Waals surface area (Å²) in [4.78, 5) is 4.96. The lowest BCUT2D eigenvalue weighted by molar-refractivity contribution is 0.238. The Kier molecular flexibility index (Phi) is 5.02. The number of hydrogen-bond donors (Lipinski definition) is 1. The van der Waals surface area contributed by atoms with Gasteiger partial charge < -0.3 is 10.6 Å². The van der Waals surface area contributed by atoms with E-state index in [0.717, 1.165) is 39.1 Å². The average Bonchev–Trinajstić information content (AvgIpc) is 2.41. The van der Waals surface area contributed by atoms with Crippen molar-refractivity contribution >= 4 is 5.69 Å². The maximum atomic E-state index is 6.11. The van der Waals surface area contributed by atoms with E-state index in [9.17, 15) is 0 Å². The summed E-state index contributed by atoms with van der Waals surface area (Å²) in [5.41, 5.74) is 7.45. The van der Waals surface area contributed by atoms with Crippen LogP contribution in [0.1, 0.15) is 19.8 Å². The minimum atomic E-state index is 0.346. The Bertz CT molecular complexity index is 331. The van der Waals surface area contributed by atoms with E-state index in [1.54, 1.807) is 0 Å². The molecule has 0 aliphatic carbocycles. The fourth-order valence-corrected chi connectivity index (χ4v) is 2.62. The van der Waals surface area contributed by atoms with Crippen molar-refractivity contribution in [2.75, 3.05) is 37.6 Å². The summed E-state index contributed by atoms with van der Waals surface area (Å²) in [6.45, 7) is 7.74. The van der Waals surface area contributed by atoms with Crippen LogP contribution in [-0.4, -0.2) is 43.7 Å². The number of hydrogen-bond acceptors (Lipinski definition) is 3. The van der Waals surface area contributed by atoms with Crippen molar-refractivity contribution in [1.29, 1.82) is 0 Å². The van der Waals surface area contributed by atoms with Crippen molar-refractivity contribution in [3.63, 3.8) is 0 Å². The van der Waals surface area contributed by atoms with E-state index < -0.39 is 0 Å². The predicted octanol–water partition coefficient (Wildman–Crippen LogP) is 1.94. The number of benzene rings is 1. The van der Waals surface area contributed by atoms with Gasteiger partial charge in [-0.3, -0.25) is 4.90 Å². The molecule has 1 aromatic carbocycles. The van der Waals surface area contributed by atoms with Crippen LogP contribution in [0.5, 0.6) is 0 Å². The van der Waals surface area contributed by atoms with E-state index in [4.69, 9.17) is 5.73 Å². The first kappa shape index (κ1) is 13.4. The van der Waals surface area contributed by atoms with Gasteiger partial charge in [-0.05, 0) is 18.6 Å². The van der Waals surface area contributed by atoms with Gasteiger partial charge in [-0.1, -0.05) is 31.5 Å². The summed E-state index contributed by atoms with van der Waals surface area (Å²) in [5.74, 6) is 0. The Hall–Kier alpha value is -1.06. The third-order valence-corrected chi connectivity index (χ3v) is 3.65. The fourth-order valence-electron chi connectivity index (χ4n) is 2.62. The van der Waals surface area contributed by atoms with Crippen LogP contribution in [0.15, 0.2) is 30.3 Å². The normalized spacial score (nSPS) is 18.9. The zero-order valence-corrected chi connectivity index (χ0v) is 11.4. The van der Waals surface area contributed by atoms with E-state index in [2.05, 4.69) is 47.1 Å². The third kappa shape index (κ3) is 3.72. The van der Waals surface area contributed by atoms with Crippen LogP contribution in [-0.2, 0) is 0 Å². The summed E-state index contributed by atoms with van der Waals surface area (Å²) < 4.78 is 0. The fraction of sp³-hybridized carbons (Fsp3) is 0.600. The second-order valence-corrected chi connectivity index (χ2v) is 5.17. The van der Waals surface area contributed by atoms with Crippen LogP contribution in [0.25, 0.3) is 0 Å². The SMILES string of the molecule is CCC[C@H](N)CN1CCN(c2ccccc2)CC1. The third-order valence-electron chi connectivity index (χ3n) is 3.65. The summed E-state index contributed by atoms with van der Waals surface area (Å²) >= 11 is 0. The minimum absolute atomic E-state index is 0.346. The number of nitrogens with zero attached hydrogens (tertiary/aromatic N) is 2. The Balaban J connectivity index is 1.78. The van der Waals surface area contributed by atoms with Gasteiger partial charge in [0.1, 0.15) is 0 Å². The van der Waals surface area contributed by atoms with E-state index in [1.165, 1.54) is 12.1 Å². The maximum absolute atomic E-state index is 6.11. The second kappa shape index (κ2) is 6.76. The first-order valence-electron chi connectivity index (χ1n) is 7.07. The van der Waals surface area contributed by atoms with Crippen molar-refractivity contribution in [3.8, 4) is 0 Å². The number of nitrogens with two attached hydrogens (primary N) is 1. The van der Waals surface area contributed by atoms with E-state index in [1.807, 2.05) is 0 Å². The van der Waals surface area contributed by atoms with Gasteiger partial charge in [0.25, 0.3) is 0 Å². The van der Waals surface area contributed by atoms with Crippen molar-refractivity contribution in [3.05, 3.63) is 30.3 Å². The van der Waals surface area contributed by atoms with Crippen molar-refractivity contribution in [1.82, 2.24) is 4.90 Å². The molecule has 1 fully saturated rings. The molecule has 0 amide bonds. The predicted molar refractivity (Wildman–Crippen MR) is 78.0 cm³/mol. The van der Waals surface area contributed by atoms with E-state index in [0.29, 0.717) is 6.04 Å². The van der Waals surface area contributed by atoms with Gasteiger partial charge in [0.15, 0.2) is 0 Å². The first-order valence-corrected chi connectivity index (χ1v) is 7.07. The van der Waals surface area contributed by atoms with E-state index >= 15 is 0 Å². The summed E-state index contributed by atoms with van der Waals surface area (Å²) in [6.07, 6.45) is 2.32. The zero-order valence-electron chi connectivity index (χ0n) is 11.4. The number of rotatable bonds is 5. The van der Waals surface area contributed by atoms with Gasteiger partial charge in [0, 0.05) is 44.5 Å². The van der Waals surface area contributed by atoms with Crippen molar-refractivity contribution < 1.29 is 0 Å². The molecule has 0 aromatic heterocycles. The minimum Gasteiger partial charge on any atom is -0.369 e. The molecule has 1 aliphatic rings. The Labute approximate surface area is 111 Å². The Morgan fingerprint density at radius 3 is 2.39 bits per heavy atom.